The highest BCUT2D eigenvalue weighted by molar-refractivity contribution is 7.22. The molecule has 0 aliphatic carbocycles. The Kier molecular flexibility index (Phi) is 4.27. The van der Waals surface area contributed by atoms with Crippen LogP contribution in [-0.2, 0) is 4.79 Å². The highest BCUT2D eigenvalue weighted by Gasteiger charge is 2.10. The summed E-state index contributed by atoms with van der Waals surface area (Å²) in [4.78, 5) is 16.3. The van der Waals surface area contributed by atoms with Crippen LogP contribution in [0.3, 0.4) is 0 Å². The Labute approximate surface area is 136 Å². The first-order chi connectivity index (χ1) is 10.6. The fourth-order valence-corrected chi connectivity index (χ4v) is 3.16. The second-order valence-electron chi connectivity index (χ2n) is 4.76. The zero-order valence-corrected chi connectivity index (χ0v) is 13.4. The van der Waals surface area contributed by atoms with Crippen molar-refractivity contribution in [2.45, 2.75) is 6.92 Å². The van der Waals surface area contributed by atoms with Crippen LogP contribution in [0.5, 0.6) is 5.75 Å². The van der Waals surface area contributed by atoms with E-state index in [0.29, 0.717) is 21.4 Å². The SMILES string of the molecule is Cc1cccc(OCC(=O)Nc2nc3c(Cl)cccc3s2)c1. The van der Waals surface area contributed by atoms with Gasteiger partial charge in [0.25, 0.3) is 5.91 Å². The fraction of sp³-hybridized carbons (Fsp3) is 0.125. The van der Waals surface area contributed by atoms with E-state index in [2.05, 4.69) is 10.3 Å². The third-order valence-electron chi connectivity index (χ3n) is 2.98. The van der Waals surface area contributed by atoms with E-state index in [1.54, 1.807) is 6.07 Å². The summed E-state index contributed by atoms with van der Waals surface area (Å²) in [5, 5.41) is 3.82. The molecule has 0 aliphatic heterocycles. The summed E-state index contributed by atoms with van der Waals surface area (Å²) in [6, 6.07) is 13.1. The van der Waals surface area contributed by atoms with Crippen LogP contribution in [0.2, 0.25) is 5.02 Å². The standard InChI is InChI=1S/C16H13ClN2O2S/c1-10-4-2-5-11(8-10)21-9-14(20)18-16-19-15-12(17)6-3-7-13(15)22-16/h2-8H,9H2,1H3,(H,18,19,20). The second-order valence-corrected chi connectivity index (χ2v) is 6.20. The van der Waals surface area contributed by atoms with Crippen LogP contribution in [0.15, 0.2) is 42.5 Å². The van der Waals surface area contributed by atoms with Crippen molar-refractivity contribution in [3.8, 4) is 5.75 Å². The molecule has 3 rings (SSSR count). The molecule has 0 saturated heterocycles. The zero-order chi connectivity index (χ0) is 15.5. The molecule has 2 aromatic carbocycles. The summed E-state index contributed by atoms with van der Waals surface area (Å²) < 4.78 is 6.39. The summed E-state index contributed by atoms with van der Waals surface area (Å²) in [6.07, 6.45) is 0. The Balaban J connectivity index is 1.64. The van der Waals surface area contributed by atoms with Gasteiger partial charge in [0.05, 0.1) is 9.72 Å². The third kappa shape index (κ3) is 3.37. The van der Waals surface area contributed by atoms with Crippen LogP contribution in [0.1, 0.15) is 5.56 Å². The second kappa shape index (κ2) is 6.34. The minimum Gasteiger partial charge on any atom is -0.484 e. The number of thiazole rings is 1. The van der Waals surface area contributed by atoms with E-state index in [0.717, 1.165) is 10.3 Å². The number of aryl methyl sites for hydroxylation is 1. The van der Waals surface area contributed by atoms with Crippen LogP contribution in [0.25, 0.3) is 10.2 Å². The van der Waals surface area contributed by atoms with Crippen molar-refractivity contribution in [3.63, 3.8) is 0 Å². The van der Waals surface area contributed by atoms with Crippen LogP contribution < -0.4 is 10.1 Å². The first-order valence-corrected chi connectivity index (χ1v) is 7.85. The topological polar surface area (TPSA) is 51.2 Å². The van der Waals surface area contributed by atoms with Gasteiger partial charge in [-0.3, -0.25) is 10.1 Å². The number of anilines is 1. The average Bonchev–Trinajstić information content (AvgIpc) is 2.89. The lowest BCUT2D eigenvalue weighted by Gasteiger charge is -2.06. The molecule has 3 aromatic rings. The number of fused-ring (bicyclic) bond motifs is 1. The minimum atomic E-state index is -0.253. The number of carbonyl (C=O) groups excluding carboxylic acids is 1. The Morgan fingerprint density at radius 2 is 2.14 bits per heavy atom. The first kappa shape index (κ1) is 14.8. The number of nitrogens with one attached hydrogen (secondary N) is 1. The number of amides is 1. The van der Waals surface area contributed by atoms with Crippen molar-refractivity contribution in [1.29, 1.82) is 0 Å². The van der Waals surface area contributed by atoms with Gasteiger partial charge in [-0.25, -0.2) is 4.98 Å². The summed E-state index contributed by atoms with van der Waals surface area (Å²) in [7, 11) is 0. The predicted molar refractivity (Wildman–Crippen MR) is 89.9 cm³/mol. The van der Waals surface area contributed by atoms with Gasteiger partial charge in [-0.15, -0.1) is 0 Å². The number of hydrogen-bond donors (Lipinski definition) is 1. The maximum atomic E-state index is 11.9. The maximum Gasteiger partial charge on any atom is 0.264 e. The molecule has 0 fully saturated rings. The smallest absolute Gasteiger partial charge is 0.264 e. The molecule has 4 nitrogen and oxygen atoms in total. The van der Waals surface area contributed by atoms with E-state index >= 15 is 0 Å². The normalized spacial score (nSPS) is 10.6. The Morgan fingerprint density at radius 3 is 2.91 bits per heavy atom. The quantitative estimate of drug-likeness (QED) is 0.776. The van der Waals surface area contributed by atoms with Crippen LogP contribution in [-0.4, -0.2) is 17.5 Å². The number of nitrogens with zero attached hydrogens (tertiary/aromatic N) is 1. The van der Waals surface area contributed by atoms with E-state index < -0.39 is 0 Å². The van der Waals surface area contributed by atoms with Gasteiger partial charge in [-0.1, -0.05) is 41.1 Å². The van der Waals surface area contributed by atoms with Gasteiger partial charge in [0.1, 0.15) is 11.3 Å². The number of hydrogen-bond acceptors (Lipinski definition) is 4. The Bertz CT molecular complexity index is 832. The molecule has 0 atom stereocenters. The van der Waals surface area contributed by atoms with Crippen LogP contribution in [0, 0.1) is 6.92 Å². The van der Waals surface area contributed by atoms with E-state index in [1.807, 2.05) is 43.3 Å². The van der Waals surface area contributed by atoms with Crippen molar-refractivity contribution in [1.82, 2.24) is 4.98 Å². The van der Waals surface area contributed by atoms with Crippen molar-refractivity contribution >= 4 is 44.2 Å². The van der Waals surface area contributed by atoms with E-state index in [1.165, 1.54) is 11.3 Å². The Hall–Kier alpha value is -2.11. The molecule has 0 aliphatic rings. The summed E-state index contributed by atoms with van der Waals surface area (Å²) in [5.41, 5.74) is 1.78. The van der Waals surface area contributed by atoms with Crippen LogP contribution >= 0.6 is 22.9 Å². The van der Waals surface area contributed by atoms with Crippen molar-refractivity contribution < 1.29 is 9.53 Å². The fourth-order valence-electron chi connectivity index (χ4n) is 1.98. The molecule has 1 heterocycles. The lowest BCUT2D eigenvalue weighted by atomic mass is 10.2. The van der Waals surface area contributed by atoms with Crippen molar-refractivity contribution in [2.75, 3.05) is 11.9 Å². The molecule has 0 bridgehead atoms. The number of benzene rings is 2. The number of para-hydroxylation sites is 1. The lowest BCUT2D eigenvalue weighted by molar-refractivity contribution is -0.118. The van der Waals surface area contributed by atoms with Gasteiger partial charge in [0.15, 0.2) is 11.7 Å². The minimum absolute atomic E-state index is 0.0624. The molecular formula is C16H13ClN2O2S. The van der Waals surface area contributed by atoms with E-state index in [-0.39, 0.29) is 12.5 Å². The van der Waals surface area contributed by atoms with Gasteiger partial charge in [0, 0.05) is 0 Å². The molecule has 112 valence electrons. The highest BCUT2D eigenvalue weighted by Crippen LogP contribution is 2.30. The number of carbonyl (C=O) groups is 1. The predicted octanol–water partition coefficient (Wildman–Crippen LogP) is 4.28. The van der Waals surface area contributed by atoms with Gasteiger partial charge in [0.2, 0.25) is 0 Å². The molecule has 1 aromatic heterocycles. The van der Waals surface area contributed by atoms with E-state index in [9.17, 15) is 4.79 Å². The van der Waals surface area contributed by atoms with Crippen molar-refractivity contribution in [2.24, 2.45) is 0 Å². The average molecular weight is 333 g/mol. The summed E-state index contributed by atoms with van der Waals surface area (Å²) >= 11 is 7.45. The molecule has 1 amide bonds. The number of rotatable bonds is 4. The molecule has 6 heteroatoms. The van der Waals surface area contributed by atoms with Gasteiger partial charge >= 0.3 is 0 Å². The Morgan fingerprint density at radius 1 is 1.32 bits per heavy atom. The zero-order valence-electron chi connectivity index (χ0n) is 11.8. The van der Waals surface area contributed by atoms with Gasteiger partial charge in [-0.05, 0) is 36.8 Å². The van der Waals surface area contributed by atoms with Crippen LogP contribution in [0.4, 0.5) is 5.13 Å². The molecule has 22 heavy (non-hydrogen) atoms. The largest absolute Gasteiger partial charge is 0.484 e. The molecule has 0 saturated carbocycles. The highest BCUT2D eigenvalue weighted by atomic mass is 35.5. The molecular weight excluding hydrogens is 320 g/mol. The maximum absolute atomic E-state index is 11.9. The van der Waals surface area contributed by atoms with Crippen molar-refractivity contribution in [3.05, 3.63) is 53.1 Å². The summed E-state index contributed by atoms with van der Waals surface area (Å²) in [5.74, 6) is 0.416. The molecule has 0 spiro atoms. The number of aromatic nitrogens is 1. The van der Waals surface area contributed by atoms with E-state index in [4.69, 9.17) is 16.3 Å². The third-order valence-corrected chi connectivity index (χ3v) is 4.22. The monoisotopic (exact) mass is 332 g/mol. The van der Waals surface area contributed by atoms with Gasteiger partial charge in [-0.2, -0.15) is 0 Å². The van der Waals surface area contributed by atoms with Gasteiger partial charge < -0.3 is 4.74 Å². The molecule has 1 N–H and O–H groups in total. The number of ether oxygens (including phenoxy) is 1. The molecule has 0 radical (unpaired) electrons. The lowest BCUT2D eigenvalue weighted by Crippen LogP contribution is -2.20. The summed E-state index contributed by atoms with van der Waals surface area (Å²) in [6.45, 7) is 1.91. The first-order valence-electron chi connectivity index (χ1n) is 6.66. The molecule has 0 unspecified atom stereocenters. The number of halogens is 1.